The van der Waals surface area contributed by atoms with E-state index in [9.17, 15) is 19.7 Å². The summed E-state index contributed by atoms with van der Waals surface area (Å²) in [5, 5.41) is 25.3. The number of nitro groups is 1. The Kier molecular flexibility index (Phi) is 7.22. The van der Waals surface area contributed by atoms with Crippen LogP contribution in [0.2, 0.25) is 0 Å². The van der Waals surface area contributed by atoms with Crippen LogP contribution in [0, 0.1) is 10.1 Å². The SMILES string of the molecule is COc1ccc(OC)c(-c2cc(C(=O)NCCn3ncc4c(=O)n(Cc5cccc([N+](=O)[O-])c5)cnc43)[nH]n2)c1. The molecule has 5 aromatic rings. The molecule has 2 aromatic carbocycles. The van der Waals surface area contributed by atoms with Gasteiger partial charge in [0.25, 0.3) is 17.2 Å². The fraction of sp³-hybridized carbons (Fsp3) is 0.192. The van der Waals surface area contributed by atoms with Crippen LogP contribution in [0.1, 0.15) is 16.1 Å². The summed E-state index contributed by atoms with van der Waals surface area (Å²) in [6, 6.07) is 13.0. The third-order valence-electron chi connectivity index (χ3n) is 6.21. The molecular weight excluding hydrogens is 520 g/mol. The number of hydrogen-bond donors (Lipinski definition) is 2. The summed E-state index contributed by atoms with van der Waals surface area (Å²) in [6.45, 7) is 0.602. The summed E-state index contributed by atoms with van der Waals surface area (Å²) < 4.78 is 13.6. The fourth-order valence-electron chi connectivity index (χ4n) is 4.20. The topological polar surface area (TPSA) is 172 Å². The van der Waals surface area contributed by atoms with Gasteiger partial charge in [0, 0.05) is 24.2 Å². The van der Waals surface area contributed by atoms with Gasteiger partial charge in [0.1, 0.15) is 28.9 Å². The number of carbonyl (C=O) groups is 1. The van der Waals surface area contributed by atoms with Crippen molar-refractivity contribution in [1.29, 1.82) is 0 Å². The number of nitro benzene ring substituents is 1. The third-order valence-corrected chi connectivity index (χ3v) is 6.21. The van der Waals surface area contributed by atoms with E-state index in [1.807, 2.05) is 0 Å². The van der Waals surface area contributed by atoms with Gasteiger partial charge in [0.15, 0.2) is 5.65 Å². The van der Waals surface area contributed by atoms with E-state index in [1.54, 1.807) is 50.6 Å². The number of hydrogen-bond acceptors (Lipinski definition) is 9. The van der Waals surface area contributed by atoms with Gasteiger partial charge in [-0.2, -0.15) is 10.2 Å². The van der Waals surface area contributed by atoms with Crippen LogP contribution in [0.25, 0.3) is 22.3 Å². The molecule has 0 fully saturated rings. The van der Waals surface area contributed by atoms with Crippen LogP contribution in [0.3, 0.4) is 0 Å². The van der Waals surface area contributed by atoms with E-state index >= 15 is 0 Å². The van der Waals surface area contributed by atoms with Gasteiger partial charge in [0.2, 0.25) is 0 Å². The van der Waals surface area contributed by atoms with Crippen LogP contribution < -0.4 is 20.3 Å². The lowest BCUT2D eigenvalue weighted by atomic mass is 10.1. The molecule has 5 rings (SSSR count). The summed E-state index contributed by atoms with van der Waals surface area (Å²) in [5.41, 5.74) is 2.02. The molecule has 0 spiro atoms. The van der Waals surface area contributed by atoms with E-state index in [-0.39, 0.29) is 42.5 Å². The van der Waals surface area contributed by atoms with Gasteiger partial charge in [-0.1, -0.05) is 12.1 Å². The molecule has 0 unspecified atom stereocenters. The van der Waals surface area contributed by atoms with Crippen LogP contribution >= 0.6 is 0 Å². The highest BCUT2D eigenvalue weighted by Crippen LogP contribution is 2.32. The quantitative estimate of drug-likeness (QED) is 0.198. The molecule has 1 amide bonds. The maximum absolute atomic E-state index is 13.0. The lowest BCUT2D eigenvalue weighted by Gasteiger charge is -2.08. The monoisotopic (exact) mass is 544 g/mol. The van der Waals surface area contributed by atoms with Crippen LogP contribution in [0.5, 0.6) is 11.5 Å². The molecule has 0 radical (unpaired) electrons. The van der Waals surface area contributed by atoms with Crippen molar-refractivity contribution in [1.82, 2.24) is 34.8 Å². The zero-order valence-corrected chi connectivity index (χ0v) is 21.5. The number of non-ortho nitro benzene ring substituents is 1. The van der Waals surface area contributed by atoms with E-state index < -0.39 is 4.92 Å². The number of aromatic nitrogens is 6. The first-order chi connectivity index (χ1) is 19.4. The first-order valence-electron chi connectivity index (χ1n) is 12.1. The smallest absolute Gasteiger partial charge is 0.269 e. The number of nitrogens with zero attached hydrogens (tertiary/aromatic N) is 6. The van der Waals surface area contributed by atoms with Crippen LogP contribution in [0.15, 0.2) is 65.8 Å². The van der Waals surface area contributed by atoms with Gasteiger partial charge < -0.3 is 14.8 Å². The molecular formula is C26H24N8O6. The summed E-state index contributed by atoms with van der Waals surface area (Å²) in [4.78, 5) is 40.6. The maximum Gasteiger partial charge on any atom is 0.269 e. The Bertz CT molecular complexity index is 1770. The van der Waals surface area contributed by atoms with Crippen molar-refractivity contribution in [2.75, 3.05) is 20.8 Å². The summed E-state index contributed by atoms with van der Waals surface area (Å²) in [5.74, 6) is 0.839. The molecule has 0 aliphatic heterocycles. The van der Waals surface area contributed by atoms with Crippen molar-refractivity contribution in [3.05, 3.63) is 92.8 Å². The van der Waals surface area contributed by atoms with Crippen molar-refractivity contribution in [3.8, 4) is 22.8 Å². The van der Waals surface area contributed by atoms with Crippen molar-refractivity contribution >= 4 is 22.6 Å². The minimum Gasteiger partial charge on any atom is -0.497 e. The number of amides is 1. The molecule has 0 saturated carbocycles. The highest BCUT2D eigenvalue weighted by molar-refractivity contribution is 5.93. The minimum atomic E-state index is -0.486. The Hall–Kier alpha value is -5.53. The second-order valence-corrected chi connectivity index (χ2v) is 8.70. The minimum absolute atomic E-state index is 0.0548. The molecule has 0 aliphatic rings. The van der Waals surface area contributed by atoms with E-state index in [0.29, 0.717) is 39.4 Å². The number of nitrogens with one attached hydrogen (secondary N) is 2. The van der Waals surface area contributed by atoms with Crippen molar-refractivity contribution in [2.45, 2.75) is 13.1 Å². The predicted molar refractivity (Wildman–Crippen MR) is 143 cm³/mol. The Morgan fingerprint density at radius 1 is 1.15 bits per heavy atom. The van der Waals surface area contributed by atoms with Gasteiger partial charge in [0.05, 0.1) is 44.1 Å². The Labute approximate surface area is 226 Å². The average Bonchev–Trinajstić information content (AvgIpc) is 3.62. The van der Waals surface area contributed by atoms with Crippen LogP contribution in [0.4, 0.5) is 5.69 Å². The number of methoxy groups -OCH3 is 2. The molecule has 2 N–H and O–H groups in total. The predicted octanol–water partition coefficient (Wildman–Crippen LogP) is 2.39. The second kappa shape index (κ2) is 11.1. The van der Waals surface area contributed by atoms with Gasteiger partial charge in [-0.15, -0.1) is 0 Å². The number of ether oxygens (including phenoxy) is 2. The number of H-pyrrole nitrogens is 1. The van der Waals surface area contributed by atoms with Gasteiger partial charge in [-0.05, 0) is 29.8 Å². The second-order valence-electron chi connectivity index (χ2n) is 8.70. The molecule has 14 heteroatoms. The molecule has 40 heavy (non-hydrogen) atoms. The first-order valence-corrected chi connectivity index (χ1v) is 12.1. The van der Waals surface area contributed by atoms with Crippen molar-refractivity contribution < 1.29 is 19.2 Å². The number of benzene rings is 2. The lowest BCUT2D eigenvalue weighted by Crippen LogP contribution is -2.28. The summed E-state index contributed by atoms with van der Waals surface area (Å²) >= 11 is 0. The molecule has 204 valence electrons. The van der Waals surface area contributed by atoms with Crippen molar-refractivity contribution in [2.24, 2.45) is 0 Å². The largest absolute Gasteiger partial charge is 0.497 e. The van der Waals surface area contributed by atoms with E-state index in [4.69, 9.17) is 9.47 Å². The lowest BCUT2D eigenvalue weighted by molar-refractivity contribution is -0.384. The Morgan fingerprint density at radius 2 is 2.00 bits per heavy atom. The van der Waals surface area contributed by atoms with E-state index in [2.05, 4.69) is 25.6 Å². The number of aromatic amines is 1. The Balaban J connectivity index is 1.25. The zero-order valence-electron chi connectivity index (χ0n) is 21.5. The van der Waals surface area contributed by atoms with Gasteiger partial charge in [-0.25, -0.2) is 9.67 Å². The number of carbonyl (C=O) groups excluding carboxylic acids is 1. The molecule has 0 saturated heterocycles. The Morgan fingerprint density at radius 3 is 2.77 bits per heavy atom. The summed E-state index contributed by atoms with van der Waals surface area (Å²) in [6.07, 6.45) is 2.79. The van der Waals surface area contributed by atoms with Crippen LogP contribution in [-0.2, 0) is 13.1 Å². The van der Waals surface area contributed by atoms with Crippen molar-refractivity contribution in [3.63, 3.8) is 0 Å². The molecule has 0 bridgehead atoms. The summed E-state index contributed by atoms with van der Waals surface area (Å²) in [7, 11) is 3.11. The van der Waals surface area contributed by atoms with E-state index in [0.717, 1.165) is 0 Å². The fourth-order valence-corrected chi connectivity index (χ4v) is 4.20. The number of rotatable bonds is 10. The standard InChI is InChI=1S/C26H24N8O6/c1-39-18-6-7-23(40-2)19(11-18)21-12-22(31-30-21)25(35)27-8-9-33-24-20(13-29-33)26(36)32(15-28-24)14-16-4-3-5-17(10-16)34(37)38/h3-7,10-13,15H,8-9,14H2,1-2H3,(H,27,35)(H,30,31). The molecule has 14 nitrogen and oxygen atoms in total. The highest BCUT2D eigenvalue weighted by atomic mass is 16.6. The van der Waals surface area contributed by atoms with Gasteiger partial charge >= 0.3 is 0 Å². The molecule has 3 aromatic heterocycles. The van der Waals surface area contributed by atoms with Crippen LogP contribution in [-0.4, -0.2) is 61.1 Å². The molecule has 0 aliphatic carbocycles. The third kappa shape index (κ3) is 5.22. The first kappa shape index (κ1) is 26.1. The van der Waals surface area contributed by atoms with E-state index in [1.165, 1.54) is 33.9 Å². The average molecular weight is 545 g/mol. The maximum atomic E-state index is 13.0. The zero-order chi connectivity index (χ0) is 28.2. The number of fused-ring (bicyclic) bond motifs is 1. The molecule has 3 heterocycles. The van der Waals surface area contributed by atoms with Gasteiger partial charge in [-0.3, -0.25) is 29.4 Å². The molecule has 0 atom stereocenters. The highest BCUT2D eigenvalue weighted by Gasteiger charge is 2.16. The normalized spacial score (nSPS) is 10.9.